The number of piperidine rings is 1. The number of fused-ring (bicyclic) bond motifs is 1. The van der Waals surface area contributed by atoms with Crippen LogP contribution in [0.25, 0.3) is 11.1 Å². The van der Waals surface area contributed by atoms with Gasteiger partial charge in [-0.2, -0.15) is 18.3 Å². The zero-order chi connectivity index (χ0) is 26.2. The van der Waals surface area contributed by atoms with Crippen molar-refractivity contribution in [3.05, 3.63) is 54.0 Å². The van der Waals surface area contributed by atoms with Gasteiger partial charge in [0.25, 0.3) is 0 Å². The Kier molecular flexibility index (Phi) is 6.80. The van der Waals surface area contributed by atoms with E-state index in [4.69, 9.17) is 9.47 Å². The number of ether oxygens (including phenoxy) is 2. The van der Waals surface area contributed by atoms with Gasteiger partial charge < -0.3 is 14.8 Å². The van der Waals surface area contributed by atoms with E-state index in [1.54, 1.807) is 18.3 Å². The van der Waals surface area contributed by atoms with Crippen LogP contribution in [-0.2, 0) is 17.3 Å². The Balaban J connectivity index is 1.64. The minimum atomic E-state index is -4.65. The van der Waals surface area contributed by atoms with Crippen LogP contribution in [0.15, 0.2) is 42.9 Å². The fourth-order valence-corrected chi connectivity index (χ4v) is 5.06. The highest BCUT2D eigenvalue weighted by molar-refractivity contribution is 5.92. The van der Waals surface area contributed by atoms with Crippen LogP contribution >= 0.6 is 0 Å². The number of hydrogen-bond acceptors (Lipinski definition) is 6. The van der Waals surface area contributed by atoms with Gasteiger partial charge >= 0.3 is 12.3 Å². The molecule has 1 aromatic carbocycles. The molecule has 11 heteroatoms. The number of nitrogens with zero attached hydrogens (tertiary/aromatic N) is 4. The van der Waals surface area contributed by atoms with Crippen LogP contribution < -0.4 is 15.0 Å². The largest absolute Gasteiger partial charge is 0.452 e. The fourth-order valence-electron chi connectivity index (χ4n) is 5.06. The molecule has 37 heavy (non-hydrogen) atoms. The molecule has 3 aromatic rings. The number of amides is 1. The van der Waals surface area contributed by atoms with Gasteiger partial charge in [0.1, 0.15) is 11.3 Å². The van der Waals surface area contributed by atoms with Gasteiger partial charge in [-0.15, -0.1) is 0 Å². The predicted molar refractivity (Wildman–Crippen MR) is 131 cm³/mol. The summed E-state index contributed by atoms with van der Waals surface area (Å²) in [6, 6.07) is 5.79. The van der Waals surface area contributed by atoms with Gasteiger partial charge in [-0.3, -0.25) is 9.58 Å². The second-order valence-electron chi connectivity index (χ2n) is 9.31. The lowest BCUT2D eigenvalue weighted by Crippen LogP contribution is -2.42. The van der Waals surface area contributed by atoms with Crippen LogP contribution in [0.4, 0.5) is 23.7 Å². The van der Waals surface area contributed by atoms with E-state index in [2.05, 4.69) is 15.4 Å². The lowest BCUT2D eigenvalue weighted by atomic mass is 9.92. The van der Waals surface area contributed by atoms with E-state index in [0.29, 0.717) is 35.2 Å². The molecule has 0 saturated carbocycles. The number of methoxy groups -OCH3 is 1. The van der Waals surface area contributed by atoms with Crippen molar-refractivity contribution in [3.63, 3.8) is 0 Å². The standard InChI is InChI=1S/C26H28F3N5O3/c1-16-5-6-20-22(34(16)25(35)36-2)8-7-19(17-14-32-33(15-17)18-9-12-30-13-10-18)23(20)37-24-21(26(27,28)29)4-3-11-31-24/h3-4,7-8,11,14-16,18,30H,5-6,9-10,12-13H2,1-2H3/t16-/m0/s1. The number of alkyl halides is 3. The molecule has 2 aromatic heterocycles. The Morgan fingerprint density at radius 2 is 1.95 bits per heavy atom. The number of nitrogens with one attached hydrogen (secondary N) is 1. The van der Waals surface area contributed by atoms with Gasteiger partial charge in [-0.05, 0) is 70.0 Å². The number of carbonyl (C=O) groups excluding carboxylic acids is 1. The molecule has 196 valence electrons. The summed E-state index contributed by atoms with van der Waals surface area (Å²) in [7, 11) is 1.30. The summed E-state index contributed by atoms with van der Waals surface area (Å²) in [6.07, 6.45) is 2.63. The molecule has 1 atom stereocenters. The van der Waals surface area contributed by atoms with E-state index in [0.717, 1.165) is 32.0 Å². The van der Waals surface area contributed by atoms with E-state index < -0.39 is 23.7 Å². The number of aromatic nitrogens is 3. The van der Waals surface area contributed by atoms with E-state index in [9.17, 15) is 18.0 Å². The summed E-state index contributed by atoms with van der Waals surface area (Å²) in [5.74, 6) is -0.314. The highest BCUT2D eigenvalue weighted by Crippen LogP contribution is 2.46. The second kappa shape index (κ2) is 10.0. The van der Waals surface area contributed by atoms with Gasteiger partial charge in [0.05, 0.1) is 25.0 Å². The quantitative estimate of drug-likeness (QED) is 0.488. The number of benzene rings is 1. The van der Waals surface area contributed by atoms with Crippen LogP contribution in [0, 0.1) is 0 Å². The molecule has 1 amide bonds. The van der Waals surface area contributed by atoms with Crippen molar-refractivity contribution < 1.29 is 27.4 Å². The first-order chi connectivity index (χ1) is 17.8. The number of halogens is 3. The monoisotopic (exact) mass is 515 g/mol. The first kappa shape index (κ1) is 25.1. The molecule has 1 N–H and O–H groups in total. The Labute approximate surface area is 212 Å². The van der Waals surface area contributed by atoms with Crippen molar-refractivity contribution in [2.45, 2.75) is 50.9 Å². The topological polar surface area (TPSA) is 81.5 Å². The molecule has 0 aliphatic carbocycles. The molecule has 0 unspecified atom stereocenters. The lowest BCUT2D eigenvalue weighted by molar-refractivity contribution is -0.138. The number of carbonyl (C=O) groups is 1. The molecule has 0 bridgehead atoms. The van der Waals surface area contributed by atoms with Crippen molar-refractivity contribution in [2.75, 3.05) is 25.1 Å². The van der Waals surface area contributed by atoms with Crippen molar-refractivity contribution in [1.82, 2.24) is 20.1 Å². The average molecular weight is 516 g/mol. The van der Waals surface area contributed by atoms with Crippen LogP contribution in [0.1, 0.15) is 43.4 Å². The van der Waals surface area contributed by atoms with Crippen LogP contribution in [0.5, 0.6) is 11.6 Å². The molecule has 0 radical (unpaired) electrons. The van der Waals surface area contributed by atoms with Gasteiger partial charge in [0, 0.05) is 35.1 Å². The SMILES string of the molecule is COC(=O)N1c2ccc(-c3cnn(C4CCNCC4)c3)c(Oc3ncccc3C(F)(F)F)c2CC[C@@H]1C. The molecule has 8 nitrogen and oxygen atoms in total. The molecule has 1 saturated heterocycles. The fraction of sp³-hybridized carbons (Fsp3) is 0.423. The Bertz CT molecular complexity index is 1290. The number of pyridine rings is 1. The van der Waals surface area contributed by atoms with Gasteiger partial charge in [0.2, 0.25) is 5.88 Å². The Hall–Kier alpha value is -3.60. The molecule has 2 aliphatic heterocycles. The number of anilines is 1. The minimum absolute atomic E-state index is 0.151. The summed E-state index contributed by atoms with van der Waals surface area (Å²) < 4.78 is 54.3. The summed E-state index contributed by atoms with van der Waals surface area (Å²) >= 11 is 0. The van der Waals surface area contributed by atoms with E-state index in [1.165, 1.54) is 24.3 Å². The maximum Gasteiger partial charge on any atom is 0.421 e. The van der Waals surface area contributed by atoms with Crippen LogP contribution in [-0.4, -0.2) is 47.1 Å². The van der Waals surface area contributed by atoms with E-state index in [-0.39, 0.29) is 17.8 Å². The van der Waals surface area contributed by atoms with Gasteiger partial charge in [-0.1, -0.05) is 0 Å². The van der Waals surface area contributed by atoms with Crippen molar-refractivity contribution in [2.24, 2.45) is 0 Å². The van der Waals surface area contributed by atoms with Crippen molar-refractivity contribution in [1.29, 1.82) is 0 Å². The lowest BCUT2D eigenvalue weighted by Gasteiger charge is -2.35. The molecule has 4 heterocycles. The minimum Gasteiger partial charge on any atom is -0.452 e. The van der Waals surface area contributed by atoms with Crippen molar-refractivity contribution >= 4 is 11.8 Å². The van der Waals surface area contributed by atoms with E-state index >= 15 is 0 Å². The zero-order valence-electron chi connectivity index (χ0n) is 20.6. The Morgan fingerprint density at radius 3 is 2.68 bits per heavy atom. The molecule has 5 rings (SSSR count). The highest BCUT2D eigenvalue weighted by atomic mass is 19.4. The average Bonchev–Trinajstić information content (AvgIpc) is 3.39. The third-order valence-electron chi connectivity index (χ3n) is 6.99. The van der Waals surface area contributed by atoms with E-state index in [1.807, 2.05) is 17.8 Å². The maximum atomic E-state index is 13.8. The van der Waals surface area contributed by atoms with Gasteiger partial charge in [0.15, 0.2) is 0 Å². The van der Waals surface area contributed by atoms with Crippen LogP contribution in [0.2, 0.25) is 0 Å². The Morgan fingerprint density at radius 1 is 1.16 bits per heavy atom. The first-order valence-corrected chi connectivity index (χ1v) is 12.3. The molecular formula is C26H28F3N5O3. The summed E-state index contributed by atoms with van der Waals surface area (Å²) in [4.78, 5) is 18.0. The first-order valence-electron chi connectivity index (χ1n) is 12.3. The number of rotatable bonds is 4. The third kappa shape index (κ3) is 4.87. The van der Waals surface area contributed by atoms with Gasteiger partial charge in [-0.25, -0.2) is 9.78 Å². The summed E-state index contributed by atoms with van der Waals surface area (Å²) in [5, 5.41) is 7.89. The van der Waals surface area contributed by atoms with Crippen molar-refractivity contribution in [3.8, 4) is 22.8 Å². The summed E-state index contributed by atoms with van der Waals surface area (Å²) in [6.45, 7) is 3.70. The highest BCUT2D eigenvalue weighted by Gasteiger charge is 2.37. The molecule has 1 fully saturated rings. The zero-order valence-corrected chi connectivity index (χ0v) is 20.6. The predicted octanol–water partition coefficient (Wildman–Crippen LogP) is 5.59. The van der Waals surface area contributed by atoms with Crippen LogP contribution in [0.3, 0.4) is 0 Å². The molecular weight excluding hydrogens is 487 g/mol. The molecule has 0 spiro atoms. The number of hydrogen-bond donors (Lipinski definition) is 1. The molecule has 2 aliphatic rings. The maximum absolute atomic E-state index is 13.8. The summed E-state index contributed by atoms with van der Waals surface area (Å²) in [5.41, 5.74) is 1.48. The smallest absolute Gasteiger partial charge is 0.421 e. The normalized spacial score (nSPS) is 18.4. The second-order valence-corrected chi connectivity index (χ2v) is 9.31. The third-order valence-corrected chi connectivity index (χ3v) is 6.99.